The number of hydrogen-bond donors (Lipinski definition) is 3. The number of nitrogens with zero attached hydrogens (tertiary/aromatic N) is 3. The topological polar surface area (TPSA) is 109 Å². The number of hydrogen-bond acceptors (Lipinski definition) is 7. The molecule has 3 aromatic rings. The number of rotatable bonds is 8. The Morgan fingerprint density at radius 3 is 2.58 bits per heavy atom. The lowest BCUT2D eigenvalue weighted by atomic mass is 9.97. The number of nitrogens with one attached hydrogen (secondary N) is 3. The van der Waals surface area contributed by atoms with Crippen LogP contribution in [0.25, 0.3) is 0 Å². The first kappa shape index (κ1) is 20.9. The predicted octanol–water partition coefficient (Wildman–Crippen LogP) is 3.99. The van der Waals surface area contributed by atoms with E-state index in [0.717, 1.165) is 18.5 Å². The Bertz CT molecular complexity index is 1010. The summed E-state index contributed by atoms with van der Waals surface area (Å²) >= 11 is 1.24. The lowest BCUT2D eigenvalue weighted by Crippen LogP contribution is -2.44. The highest BCUT2D eigenvalue weighted by Crippen LogP contribution is 2.29. The summed E-state index contributed by atoms with van der Waals surface area (Å²) in [6, 6.07) is 6.56. The largest absolute Gasteiger partial charge is 0.339 e. The van der Waals surface area contributed by atoms with E-state index in [1.165, 1.54) is 30.4 Å². The first-order valence-electron chi connectivity index (χ1n) is 10.3. The molecule has 2 amide bonds. The molecule has 1 saturated carbocycles. The van der Waals surface area contributed by atoms with Crippen molar-refractivity contribution in [3.63, 3.8) is 0 Å². The molecule has 0 aromatic carbocycles. The van der Waals surface area contributed by atoms with Crippen LogP contribution in [0.15, 0.2) is 55.2 Å². The van der Waals surface area contributed by atoms with Crippen molar-refractivity contribution in [2.24, 2.45) is 5.92 Å². The van der Waals surface area contributed by atoms with Crippen LogP contribution in [0.2, 0.25) is 0 Å². The number of carbonyl (C=O) groups is 2. The Morgan fingerprint density at radius 2 is 1.84 bits per heavy atom. The molecule has 3 heterocycles. The van der Waals surface area contributed by atoms with Crippen LogP contribution >= 0.6 is 11.3 Å². The van der Waals surface area contributed by atoms with Crippen LogP contribution in [0.3, 0.4) is 0 Å². The van der Waals surface area contributed by atoms with Crippen LogP contribution in [0.1, 0.15) is 41.8 Å². The lowest BCUT2D eigenvalue weighted by molar-refractivity contribution is -0.118. The molecular formula is C22H24N6O2S. The van der Waals surface area contributed by atoms with E-state index >= 15 is 0 Å². The van der Waals surface area contributed by atoms with Crippen molar-refractivity contribution in [2.45, 2.75) is 38.1 Å². The quantitative estimate of drug-likeness (QED) is 0.493. The van der Waals surface area contributed by atoms with Crippen LogP contribution < -0.4 is 16.0 Å². The van der Waals surface area contributed by atoms with Gasteiger partial charge in [-0.1, -0.05) is 37.0 Å². The van der Waals surface area contributed by atoms with Crippen molar-refractivity contribution in [3.05, 3.63) is 60.1 Å². The zero-order valence-corrected chi connectivity index (χ0v) is 17.8. The smallest absolute Gasteiger partial charge is 0.263 e. The summed E-state index contributed by atoms with van der Waals surface area (Å²) < 4.78 is 0. The minimum atomic E-state index is -0.616. The van der Waals surface area contributed by atoms with Gasteiger partial charge in [0.25, 0.3) is 5.91 Å². The molecule has 3 N–H and O–H groups in total. The normalized spacial score (nSPS) is 14.7. The molecule has 1 aliphatic carbocycles. The number of amides is 2. The van der Waals surface area contributed by atoms with Gasteiger partial charge in [-0.2, -0.15) is 0 Å². The highest BCUT2D eigenvalue weighted by Gasteiger charge is 2.27. The van der Waals surface area contributed by atoms with E-state index in [0.29, 0.717) is 28.0 Å². The average molecular weight is 437 g/mol. The summed E-state index contributed by atoms with van der Waals surface area (Å²) in [4.78, 5) is 38.5. The highest BCUT2D eigenvalue weighted by molar-refractivity contribution is 7.17. The van der Waals surface area contributed by atoms with Crippen LogP contribution in [-0.4, -0.2) is 32.8 Å². The molecule has 160 valence electrons. The molecule has 1 atom stereocenters. The number of carbonyl (C=O) groups excluding carboxylic acids is 2. The standard InChI is InChI=1S/C22H24N6O2S/c29-20(26-17-6-3-9-24-13-17)18(12-15-4-1-2-5-15)28-21(30)19-14-25-22(31-19)27-16-7-10-23-11-8-16/h3,6-11,13-15,18H,1-2,4-5,12H2,(H,26,29)(H,28,30)(H,23,25,27)/t18-/m0/s1. The first-order chi connectivity index (χ1) is 15.2. The zero-order chi connectivity index (χ0) is 21.5. The van der Waals surface area contributed by atoms with E-state index in [2.05, 4.69) is 30.9 Å². The fourth-order valence-electron chi connectivity index (χ4n) is 3.70. The second kappa shape index (κ2) is 10.1. The Labute approximate surface area is 184 Å². The van der Waals surface area contributed by atoms with Crippen LogP contribution in [-0.2, 0) is 4.79 Å². The van der Waals surface area contributed by atoms with Gasteiger partial charge in [-0.05, 0) is 36.6 Å². The molecule has 0 saturated heterocycles. The molecule has 3 aromatic heterocycles. The van der Waals surface area contributed by atoms with Crippen molar-refractivity contribution in [3.8, 4) is 0 Å². The van der Waals surface area contributed by atoms with Crippen molar-refractivity contribution in [1.82, 2.24) is 20.3 Å². The molecule has 31 heavy (non-hydrogen) atoms. The third-order valence-corrected chi connectivity index (χ3v) is 6.17. The molecule has 0 unspecified atom stereocenters. The van der Waals surface area contributed by atoms with Crippen LogP contribution in [0.5, 0.6) is 0 Å². The number of thiazole rings is 1. The predicted molar refractivity (Wildman–Crippen MR) is 120 cm³/mol. The van der Waals surface area contributed by atoms with E-state index in [4.69, 9.17) is 0 Å². The average Bonchev–Trinajstić information content (AvgIpc) is 3.47. The van der Waals surface area contributed by atoms with Gasteiger partial charge in [0.2, 0.25) is 5.91 Å². The maximum Gasteiger partial charge on any atom is 0.263 e. The second-order valence-corrected chi connectivity index (χ2v) is 8.56. The molecule has 0 bridgehead atoms. The lowest BCUT2D eigenvalue weighted by Gasteiger charge is -2.21. The maximum absolute atomic E-state index is 12.9. The van der Waals surface area contributed by atoms with Gasteiger partial charge >= 0.3 is 0 Å². The Hall–Kier alpha value is -3.33. The summed E-state index contributed by atoms with van der Waals surface area (Å²) in [7, 11) is 0. The minimum absolute atomic E-state index is 0.229. The van der Waals surface area contributed by atoms with E-state index in [1.807, 2.05) is 12.1 Å². The maximum atomic E-state index is 12.9. The zero-order valence-electron chi connectivity index (χ0n) is 17.0. The van der Waals surface area contributed by atoms with Crippen molar-refractivity contribution in [1.29, 1.82) is 0 Å². The fourth-order valence-corrected chi connectivity index (χ4v) is 4.44. The second-order valence-electron chi connectivity index (χ2n) is 7.53. The van der Waals surface area contributed by atoms with E-state index in [-0.39, 0.29) is 11.8 Å². The number of anilines is 3. The van der Waals surface area contributed by atoms with Gasteiger partial charge in [0, 0.05) is 24.3 Å². The van der Waals surface area contributed by atoms with Gasteiger partial charge in [-0.25, -0.2) is 4.98 Å². The van der Waals surface area contributed by atoms with Crippen molar-refractivity contribution in [2.75, 3.05) is 10.6 Å². The number of pyridine rings is 2. The van der Waals surface area contributed by atoms with Gasteiger partial charge in [0.1, 0.15) is 10.9 Å². The highest BCUT2D eigenvalue weighted by atomic mass is 32.1. The van der Waals surface area contributed by atoms with E-state index in [9.17, 15) is 9.59 Å². The summed E-state index contributed by atoms with van der Waals surface area (Å²) in [5.41, 5.74) is 1.45. The minimum Gasteiger partial charge on any atom is -0.339 e. The molecule has 8 nitrogen and oxygen atoms in total. The van der Waals surface area contributed by atoms with Crippen LogP contribution in [0, 0.1) is 5.92 Å². The molecule has 4 rings (SSSR count). The van der Waals surface area contributed by atoms with Gasteiger partial charge in [-0.15, -0.1) is 0 Å². The van der Waals surface area contributed by atoms with E-state index < -0.39 is 6.04 Å². The van der Waals surface area contributed by atoms with Crippen molar-refractivity contribution >= 4 is 39.7 Å². The van der Waals surface area contributed by atoms with Crippen molar-refractivity contribution < 1.29 is 9.59 Å². The summed E-state index contributed by atoms with van der Waals surface area (Å²) in [6.07, 6.45) is 13.3. The van der Waals surface area contributed by atoms with Gasteiger partial charge < -0.3 is 16.0 Å². The molecular weight excluding hydrogens is 412 g/mol. The Kier molecular flexibility index (Phi) is 6.83. The monoisotopic (exact) mass is 436 g/mol. The third kappa shape index (κ3) is 5.85. The summed E-state index contributed by atoms with van der Waals surface area (Å²) in [5, 5.41) is 9.53. The summed E-state index contributed by atoms with van der Waals surface area (Å²) in [6.45, 7) is 0. The molecule has 1 fully saturated rings. The first-order valence-corrected chi connectivity index (χ1v) is 11.1. The Balaban J connectivity index is 1.43. The molecule has 0 aliphatic heterocycles. The molecule has 9 heteroatoms. The van der Waals surface area contributed by atoms with Crippen LogP contribution in [0.4, 0.5) is 16.5 Å². The SMILES string of the molecule is O=C(N[C@@H](CC1CCCC1)C(=O)Nc1cccnc1)c1cnc(Nc2ccncc2)s1. The third-order valence-electron chi connectivity index (χ3n) is 5.26. The summed E-state index contributed by atoms with van der Waals surface area (Å²) in [5.74, 6) is -0.0900. The van der Waals surface area contributed by atoms with E-state index in [1.54, 1.807) is 36.9 Å². The molecule has 0 radical (unpaired) electrons. The number of aromatic nitrogens is 3. The molecule has 1 aliphatic rings. The van der Waals surface area contributed by atoms with Gasteiger partial charge in [0.05, 0.1) is 18.1 Å². The fraction of sp³-hybridized carbons (Fsp3) is 0.318. The Morgan fingerprint density at radius 1 is 1.03 bits per heavy atom. The molecule has 0 spiro atoms. The van der Waals surface area contributed by atoms with Gasteiger partial charge in [-0.3, -0.25) is 19.6 Å². The van der Waals surface area contributed by atoms with Gasteiger partial charge in [0.15, 0.2) is 5.13 Å².